The van der Waals surface area contributed by atoms with Gasteiger partial charge in [0.05, 0.1) is 14.2 Å². The molecule has 0 heterocycles. The molecule has 19 heavy (non-hydrogen) atoms. The predicted molar refractivity (Wildman–Crippen MR) is 81.6 cm³/mol. The second kappa shape index (κ2) is 6.99. The minimum Gasteiger partial charge on any atom is -0.316 e. The quantitative estimate of drug-likeness (QED) is 0.843. The summed E-state index contributed by atoms with van der Waals surface area (Å²) in [6.07, 6.45) is 2.14. The smallest absolute Gasteiger partial charge is 0.0508 e. The van der Waals surface area contributed by atoms with Gasteiger partial charge in [-0.15, -0.1) is 0 Å². The van der Waals surface area contributed by atoms with Gasteiger partial charge in [-0.05, 0) is 49.1 Å². The highest BCUT2D eigenvalue weighted by Crippen LogP contribution is 2.38. The van der Waals surface area contributed by atoms with Crippen LogP contribution in [0.2, 0.25) is 0 Å². The Morgan fingerprint density at radius 1 is 1.05 bits per heavy atom. The second-order valence-corrected chi connectivity index (χ2v) is 6.68. The van der Waals surface area contributed by atoms with Gasteiger partial charge in [0, 0.05) is 39.9 Å². The Labute approximate surface area is 124 Å². The standard InChI is InChI=1S/C14H21NO2S2/c1-9-7-10-11(8-12(9)15-2)14(19-17-4)6-5-13(10)18-16-3/h5-6,9,12,15H,7-8H2,1-4H3/t9-,12-/m1/s1. The highest BCUT2D eigenvalue weighted by atomic mass is 32.2. The second-order valence-electron chi connectivity index (χ2n) is 4.80. The van der Waals surface area contributed by atoms with Crippen molar-refractivity contribution in [2.45, 2.75) is 35.6 Å². The molecule has 1 aromatic carbocycles. The number of nitrogens with one attached hydrogen (secondary N) is 1. The number of likely N-dealkylation sites (N-methyl/N-ethyl adjacent to an activating group) is 1. The van der Waals surface area contributed by atoms with Crippen molar-refractivity contribution in [3.63, 3.8) is 0 Å². The van der Waals surface area contributed by atoms with E-state index in [0.717, 1.165) is 12.8 Å². The van der Waals surface area contributed by atoms with Gasteiger partial charge in [0.1, 0.15) is 0 Å². The molecule has 0 aromatic heterocycles. The summed E-state index contributed by atoms with van der Waals surface area (Å²) >= 11 is 2.91. The third-order valence-corrected chi connectivity index (χ3v) is 5.16. The van der Waals surface area contributed by atoms with Crippen LogP contribution in [0.3, 0.4) is 0 Å². The Morgan fingerprint density at radius 2 is 1.58 bits per heavy atom. The van der Waals surface area contributed by atoms with Crippen molar-refractivity contribution in [1.82, 2.24) is 5.32 Å². The number of rotatable bonds is 5. The Balaban J connectivity index is 2.41. The lowest BCUT2D eigenvalue weighted by molar-refractivity contribution is 0.367. The zero-order valence-corrected chi connectivity index (χ0v) is 13.5. The Kier molecular flexibility index (Phi) is 5.59. The molecule has 0 radical (unpaired) electrons. The number of benzene rings is 1. The molecule has 2 atom stereocenters. The van der Waals surface area contributed by atoms with Crippen LogP contribution in [0.1, 0.15) is 18.1 Å². The molecular weight excluding hydrogens is 278 g/mol. The highest BCUT2D eigenvalue weighted by Gasteiger charge is 2.28. The summed E-state index contributed by atoms with van der Waals surface area (Å²) in [6, 6.07) is 4.81. The summed E-state index contributed by atoms with van der Waals surface area (Å²) in [5.41, 5.74) is 2.83. The average Bonchev–Trinajstić information content (AvgIpc) is 2.41. The van der Waals surface area contributed by atoms with Gasteiger partial charge in [-0.25, -0.2) is 0 Å². The lowest BCUT2D eigenvalue weighted by atomic mass is 9.81. The minimum absolute atomic E-state index is 0.534. The number of hydrogen-bond donors (Lipinski definition) is 1. The molecular formula is C14H21NO2S2. The first-order valence-electron chi connectivity index (χ1n) is 6.44. The van der Waals surface area contributed by atoms with Gasteiger partial charge >= 0.3 is 0 Å². The van der Waals surface area contributed by atoms with E-state index in [2.05, 4.69) is 24.4 Å². The molecule has 0 unspecified atom stereocenters. The molecule has 1 N–H and O–H groups in total. The molecule has 3 nitrogen and oxygen atoms in total. The van der Waals surface area contributed by atoms with Crippen LogP contribution < -0.4 is 5.32 Å². The van der Waals surface area contributed by atoms with Crippen LogP contribution in [0.25, 0.3) is 0 Å². The van der Waals surface area contributed by atoms with E-state index in [-0.39, 0.29) is 0 Å². The van der Waals surface area contributed by atoms with Crippen molar-refractivity contribution in [3.8, 4) is 0 Å². The molecule has 0 saturated carbocycles. The molecule has 2 rings (SSSR count). The number of hydrogen-bond acceptors (Lipinski definition) is 5. The maximum Gasteiger partial charge on any atom is 0.0508 e. The zero-order chi connectivity index (χ0) is 13.8. The third-order valence-electron chi connectivity index (χ3n) is 3.70. The van der Waals surface area contributed by atoms with E-state index in [1.165, 1.54) is 45.0 Å². The predicted octanol–water partition coefficient (Wildman–Crippen LogP) is 3.32. The van der Waals surface area contributed by atoms with Crippen molar-refractivity contribution in [2.24, 2.45) is 5.92 Å². The summed E-state index contributed by atoms with van der Waals surface area (Å²) in [5.74, 6) is 0.636. The largest absolute Gasteiger partial charge is 0.316 e. The molecule has 0 aliphatic heterocycles. The van der Waals surface area contributed by atoms with Crippen LogP contribution in [0.4, 0.5) is 0 Å². The Morgan fingerprint density at radius 3 is 2.05 bits per heavy atom. The van der Waals surface area contributed by atoms with Crippen LogP contribution in [-0.4, -0.2) is 27.3 Å². The lowest BCUT2D eigenvalue weighted by Gasteiger charge is -2.32. The summed E-state index contributed by atoms with van der Waals surface area (Å²) < 4.78 is 10.5. The first kappa shape index (κ1) is 15.2. The molecule has 0 bridgehead atoms. The topological polar surface area (TPSA) is 30.5 Å². The van der Waals surface area contributed by atoms with E-state index in [9.17, 15) is 0 Å². The van der Waals surface area contributed by atoms with Crippen molar-refractivity contribution in [2.75, 3.05) is 21.3 Å². The number of fused-ring (bicyclic) bond motifs is 1. The van der Waals surface area contributed by atoms with Crippen molar-refractivity contribution < 1.29 is 8.37 Å². The molecule has 1 aliphatic rings. The van der Waals surface area contributed by atoms with Crippen LogP contribution in [0.15, 0.2) is 21.9 Å². The van der Waals surface area contributed by atoms with Gasteiger partial charge in [-0.2, -0.15) is 0 Å². The SMILES string of the molecule is CN[C@@H]1Cc2c(SOC)ccc(SOC)c2C[C@H]1C. The van der Waals surface area contributed by atoms with Crippen molar-refractivity contribution in [1.29, 1.82) is 0 Å². The monoisotopic (exact) mass is 299 g/mol. The normalized spacial score (nSPS) is 22.3. The van der Waals surface area contributed by atoms with Gasteiger partial charge in [0.2, 0.25) is 0 Å². The van der Waals surface area contributed by atoms with E-state index in [0.29, 0.717) is 12.0 Å². The fraction of sp³-hybridized carbons (Fsp3) is 0.571. The van der Waals surface area contributed by atoms with Gasteiger partial charge in [0.25, 0.3) is 0 Å². The summed E-state index contributed by atoms with van der Waals surface area (Å²) in [5, 5.41) is 3.43. The Bertz CT molecular complexity index is 440. The average molecular weight is 299 g/mol. The molecule has 0 fully saturated rings. The van der Waals surface area contributed by atoms with Gasteiger partial charge in [-0.3, -0.25) is 0 Å². The zero-order valence-electron chi connectivity index (χ0n) is 11.9. The van der Waals surface area contributed by atoms with Crippen LogP contribution >= 0.6 is 24.1 Å². The molecule has 1 aliphatic carbocycles. The molecule has 0 amide bonds. The lowest BCUT2D eigenvalue weighted by Crippen LogP contribution is -2.39. The summed E-state index contributed by atoms with van der Waals surface area (Å²) in [4.78, 5) is 2.46. The van der Waals surface area contributed by atoms with Crippen molar-refractivity contribution in [3.05, 3.63) is 23.3 Å². The maximum absolute atomic E-state index is 5.25. The summed E-state index contributed by atoms with van der Waals surface area (Å²) in [6.45, 7) is 2.31. The van der Waals surface area contributed by atoms with Crippen molar-refractivity contribution >= 4 is 24.1 Å². The molecule has 5 heteroatoms. The first-order valence-corrected chi connectivity index (χ1v) is 7.92. The van der Waals surface area contributed by atoms with E-state index in [4.69, 9.17) is 8.37 Å². The van der Waals surface area contributed by atoms with E-state index < -0.39 is 0 Å². The first-order chi connectivity index (χ1) is 9.21. The summed E-state index contributed by atoms with van der Waals surface area (Å²) in [7, 11) is 5.48. The molecule has 0 spiro atoms. The third kappa shape index (κ3) is 3.28. The van der Waals surface area contributed by atoms with Crippen LogP contribution in [-0.2, 0) is 21.2 Å². The molecule has 1 aromatic rings. The van der Waals surface area contributed by atoms with Crippen LogP contribution in [0, 0.1) is 5.92 Å². The highest BCUT2D eigenvalue weighted by molar-refractivity contribution is 7.95. The molecule has 0 saturated heterocycles. The van der Waals surface area contributed by atoms with Gasteiger partial charge < -0.3 is 13.7 Å². The van der Waals surface area contributed by atoms with Gasteiger partial charge in [0.15, 0.2) is 0 Å². The molecule has 106 valence electrons. The van der Waals surface area contributed by atoms with Gasteiger partial charge in [-0.1, -0.05) is 6.92 Å². The fourth-order valence-corrected chi connectivity index (χ4v) is 3.93. The minimum atomic E-state index is 0.534. The maximum atomic E-state index is 5.25. The van der Waals surface area contributed by atoms with Crippen LogP contribution in [0.5, 0.6) is 0 Å². The fourth-order valence-electron chi connectivity index (χ4n) is 2.71. The van der Waals surface area contributed by atoms with E-state index in [1.54, 1.807) is 14.2 Å². The van der Waals surface area contributed by atoms with E-state index in [1.807, 2.05) is 7.05 Å². The van der Waals surface area contributed by atoms with E-state index >= 15 is 0 Å². The Hall–Kier alpha value is -0.200.